The van der Waals surface area contributed by atoms with Crippen LogP contribution in [0.3, 0.4) is 0 Å². The summed E-state index contributed by atoms with van der Waals surface area (Å²) < 4.78 is 85.7. The van der Waals surface area contributed by atoms with Crippen molar-refractivity contribution in [3.05, 3.63) is 162 Å². The normalized spacial score (nSPS) is 14.4. The van der Waals surface area contributed by atoms with Crippen LogP contribution in [0.15, 0.2) is 146 Å². The van der Waals surface area contributed by atoms with Gasteiger partial charge in [0.2, 0.25) is 20.0 Å². The molecular weight excluding hydrogens is 1420 g/mol. The van der Waals surface area contributed by atoms with Gasteiger partial charge in [0, 0.05) is 103 Å². The standard InChI is InChI=1S/C23H26N4O4S.C23H25N3O2.C22H24N4O4S.C6H15N.C2H6O2S.C2H6.CH4O/c1-26(32(3,29)30)18-11-13-27(14-12-18)22-21(16-7-5-4-6-8-16)24-19-10-9-17(23(28)31-2)15-20(19)25-22;1-3-16-11-13-26(14-12-16)22-21(17-7-5-4-6-8-17)24-19-10-9-18(23(27)28-2)15-20(19)25-22;1-25(31(2,29)30)17-10-12-26(13-11-17)21-20(15-6-4-3-5-7-15)23-18-9-8-16(22(27)28)14-19(18)24-21;1-4-7(5-2)6-3;1-5(2,3)4;2*1-2/h4-10,15,18H,11-14H2,1-3H3;4-10,15-16H,3,11-14H2,1-2H3;3-9,14,17H,10-13H2,1-2H3,(H,27,28);4-6H2,1-3H3;1-2H3;1-2H3;2H,1H3/i;;;;;1D;. The second-order valence-electron chi connectivity index (χ2n) is 25.8. The summed E-state index contributed by atoms with van der Waals surface area (Å²) in [6.45, 7) is 19.2. The first kappa shape index (κ1) is 85.1. The maximum Gasteiger partial charge on any atom is 0.337 e. The molecule has 3 aromatic heterocycles. The Bertz CT molecular complexity index is 4730. The van der Waals surface area contributed by atoms with Crippen LogP contribution in [-0.4, -0.2) is 228 Å². The number of sulfone groups is 1. The van der Waals surface area contributed by atoms with Gasteiger partial charge < -0.3 is 39.3 Å². The zero-order valence-corrected chi connectivity index (χ0v) is 66.5. The number of hydrogen-bond donors (Lipinski definition) is 2. The molecule has 2 N–H and O–H groups in total. The Morgan fingerprint density at radius 2 is 0.729 bits per heavy atom. The van der Waals surface area contributed by atoms with Crippen molar-refractivity contribution in [3.63, 3.8) is 0 Å². The summed E-state index contributed by atoms with van der Waals surface area (Å²) in [7, 11) is -2.16. The van der Waals surface area contributed by atoms with Crippen LogP contribution < -0.4 is 14.7 Å². The molecule has 0 unspecified atom stereocenters. The van der Waals surface area contributed by atoms with Gasteiger partial charge in [-0.05, 0) is 119 Å². The number of rotatable bonds is 17. The van der Waals surface area contributed by atoms with E-state index >= 15 is 0 Å². The van der Waals surface area contributed by atoms with Crippen LogP contribution in [-0.2, 0) is 39.4 Å². The van der Waals surface area contributed by atoms with E-state index in [4.69, 9.17) is 45.9 Å². The Balaban J connectivity index is 0.000000229. The number of sulfonamides is 2. The quantitative estimate of drug-likeness (QED) is 0.0800. The number of hydrogen-bond acceptors (Lipinski definition) is 22. The van der Waals surface area contributed by atoms with E-state index in [0.29, 0.717) is 97.8 Å². The fraction of sp³-hybridized carbons (Fsp3) is 0.430. The number of carboxylic acids is 1. The second-order valence-corrected chi connectivity index (χ2v) is 32.2. The van der Waals surface area contributed by atoms with Gasteiger partial charge in [-0.25, -0.2) is 78.2 Å². The number of aromatic nitrogens is 6. The van der Waals surface area contributed by atoms with Gasteiger partial charge in [-0.3, -0.25) is 0 Å². The van der Waals surface area contributed by atoms with Crippen LogP contribution in [0, 0.1) is 5.92 Å². The molecule has 0 spiro atoms. The number of methoxy groups -OCH3 is 2. The molecule has 3 aliphatic rings. The maximum absolute atomic E-state index is 12.0. The number of aliphatic hydroxyl groups excluding tert-OH is 1. The lowest BCUT2D eigenvalue weighted by Crippen LogP contribution is -2.45. The number of carboxylic acid groups (broad SMARTS) is 1. The van der Waals surface area contributed by atoms with E-state index in [-0.39, 0.29) is 23.6 Å². The van der Waals surface area contributed by atoms with E-state index in [2.05, 4.69) is 59.4 Å². The van der Waals surface area contributed by atoms with Crippen LogP contribution in [0.5, 0.6) is 0 Å². The second kappa shape index (κ2) is 41.3. The summed E-state index contributed by atoms with van der Waals surface area (Å²) in [6.07, 6.45) is 11.1. The molecule has 9 aromatic rings. The van der Waals surface area contributed by atoms with Crippen molar-refractivity contribution in [2.45, 2.75) is 98.5 Å². The Morgan fingerprint density at radius 1 is 0.458 bits per heavy atom. The van der Waals surface area contributed by atoms with Gasteiger partial charge in [0.05, 0.1) is 76.5 Å². The van der Waals surface area contributed by atoms with Gasteiger partial charge in [-0.15, -0.1) is 0 Å². The summed E-state index contributed by atoms with van der Waals surface area (Å²) in [4.78, 5) is 73.5. The van der Waals surface area contributed by atoms with Crippen molar-refractivity contribution < 1.29 is 60.7 Å². The first-order valence-corrected chi connectivity index (χ1v) is 41.7. The van der Waals surface area contributed by atoms with Gasteiger partial charge in [-0.2, -0.15) is 0 Å². The van der Waals surface area contributed by atoms with Crippen LogP contribution in [0.2, 0.25) is 0 Å². The number of ether oxygens (including phenoxy) is 2. The smallest absolute Gasteiger partial charge is 0.337 e. The third kappa shape index (κ3) is 24.7. The monoisotopic (exact) mass is 1530 g/mol. The number of benzene rings is 6. The molecular formula is C79H106N12O13S3. The molecule has 0 amide bonds. The number of nitrogens with zero attached hydrogens (tertiary/aromatic N) is 12. The number of piperidine rings is 3. The van der Waals surface area contributed by atoms with Crippen molar-refractivity contribution in [1.29, 1.82) is 0 Å². The Morgan fingerprint density at radius 3 is 0.972 bits per heavy atom. The van der Waals surface area contributed by atoms with Gasteiger partial charge in [-0.1, -0.05) is 139 Å². The predicted octanol–water partition coefficient (Wildman–Crippen LogP) is 12.2. The molecule has 0 saturated carbocycles. The molecule has 3 saturated heterocycles. The van der Waals surface area contributed by atoms with E-state index < -0.39 is 41.8 Å². The summed E-state index contributed by atoms with van der Waals surface area (Å²) in [5.41, 5.74) is 10.3. The van der Waals surface area contributed by atoms with Crippen molar-refractivity contribution in [2.24, 2.45) is 5.92 Å². The molecule has 12 rings (SSSR count). The molecule has 0 radical (unpaired) electrons. The summed E-state index contributed by atoms with van der Waals surface area (Å²) in [5.74, 6) is 1.30. The lowest BCUT2D eigenvalue weighted by molar-refractivity contribution is 0.0592. The number of aromatic carboxylic acids is 1. The average molecular weight is 1530 g/mol. The molecule has 28 heteroatoms. The first-order chi connectivity index (χ1) is 51.5. The largest absolute Gasteiger partial charge is 0.478 e. The zero-order chi connectivity index (χ0) is 79.5. The predicted molar refractivity (Wildman–Crippen MR) is 429 cm³/mol. The highest BCUT2D eigenvalue weighted by atomic mass is 32.2. The van der Waals surface area contributed by atoms with Crippen LogP contribution in [0.25, 0.3) is 66.9 Å². The molecule has 0 atom stereocenters. The third-order valence-corrected chi connectivity index (χ3v) is 21.3. The molecule has 107 heavy (non-hydrogen) atoms. The summed E-state index contributed by atoms with van der Waals surface area (Å²) in [5, 5.41) is 16.3. The minimum atomic E-state index is -3.25. The lowest BCUT2D eigenvalue weighted by atomic mass is 9.94. The van der Waals surface area contributed by atoms with Crippen LogP contribution in [0.4, 0.5) is 17.5 Å². The number of carbonyl (C=O) groups excluding carboxylic acids is 2. The SMILES string of the molecule is CCC1CCN(c2nc3cc(C(=O)OC)ccc3nc2-c2ccccc2)CC1.CCN(CC)CC.CN(C1CCN(c2nc3cc(C(=O)O)ccc3nc2-c2ccccc2)CC1)S(C)(=O)=O.CO.COC(=O)c1ccc2nc(-c3ccccc3)c(N3CCC(N(C)S(C)(=O)=O)CC3)nc2c1.CS(C)(=O)=O.[2H]CC. The number of fused-ring (bicyclic) bond motifs is 3. The van der Waals surface area contributed by atoms with E-state index in [1.165, 1.54) is 86.4 Å². The van der Waals surface area contributed by atoms with Crippen molar-refractivity contribution in [1.82, 2.24) is 43.4 Å². The molecule has 3 fully saturated rings. The zero-order valence-electron chi connectivity index (χ0n) is 65.1. The van der Waals surface area contributed by atoms with Gasteiger partial charge >= 0.3 is 17.9 Å². The van der Waals surface area contributed by atoms with Crippen molar-refractivity contribution >= 4 is 98.3 Å². The van der Waals surface area contributed by atoms with Crippen LogP contribution in [0.1, 0.15) is 119 Å². The Labute approximate surface area is 633 Å². The van der Waals surface area contributed by atoms with Crippen molar-refractivity contribution in [2.75, 3.05) is 134 Å². The highest BCUT2D eigenvalue weighted by Crippen LogP contribution is 2.37. The minimum absolute atomic E-state index is 0.0410. The first-order valence-electron chi connectivity index (χ1n) is 36.4. The Kier molecular flexibility index (Phi) is 32.8. The van der Waals surface area contributed by atoms with E-state index in [9.17, 15) is 44.7 Å². The molecule has 0 bridgehead atoms. The minimum Gasteiger partial charge on any atom is -0.478 e. The summed E-state index contributed by atoms with van der Waals surface area (Å²) in [6, 6.07) is 44.9. The number of esters is 2. The number of carbonyl (C=O) groups is 3. The molecule has 0 aliphatic carbocycles. The number of anilines is 3. The van der Waals surface area contributed by atoms with Crippen LogP contribution >= 0.6 is 0 Å². The van der Waals surface area contributed by atoms with E-state index in [1.807, 2.05) is 84.9 Å². The van der Waals surface area contributed by atoms with Gasteiger partial charge in [0.25, 0.3) is 0 Å². The van der Waals surface area contributed by atoms with Crippen molar-refractivity contribution in [3.8, 4) is 33.8 Å². The molecule has 25 nitrogen and oxygen atoms in total. The fourth-order valence-corrected chi connectivity index (χ4v) is 13.9. The molecule has 3 aliphatic heterocycles. The van der Waals surface area contributed by atoms with Gasteiger partial charge in [0.1, 0.15) is 26.9 Å². The maximum atomic E-state index is 12.0. The lowest BCUT2D eigenvalue weighted by Gasteiger charge is -2.36. The molecule has 6 aromatic carbocycles. The number of aliphatic hydroxyl groups is 1. The van der Waals surface area contributed by atoms with Gasteiger partial charge in [0.15, 0.2) is 17.5 Å². The van der Waals surface area contributed by atoms with E-state index in [1.54, 1.807) is 57.4 Å². The highest BCUT2D eigenvalue weighted by Gasteiger charge is 2.32. The average Bonchev–Trinajstić information content (AvgIpc) is 0.782. The summed E-state index contributed by atoms with van der Waals surface area (Å²) >= 11 is 0. The fourth-order valence-electron chi connectivity index (χ4n) is 12.4. The molecule has 6 heterocycles. The highest BCUT2D eigenvalue weighted by molar-refractivity contribution is 7.90. The Hall–Kier alpha value is -9.16. The topological polar surface area (TPSA) is 309 Å². The molecule has 578 valence electrons. The van der Waals surface area contributed by atoms with E-state index in [0.717, 1.165) is 95.1 Å². The third-order valence-electron chi connectivity index (χ3n) is 18.6.